The average Bonchev–Trinajstić information content (AvgIpc) is 2.90. The summed E-state index contributed by atoms with van der Waals surface area (Å²) in [5.74, 6) is -5.30. The van der Waals surface area contributed by atoms with Crippen LogP contribution in [-0.4, -0.2) is 60.4 Å². The number of nitrogens with two attached hydrogens (primary N) is 1. The number of quaternary nitrogens is 1. The van der Waals surface area contributed by atoms with E-state index in [4.69, 9.17) is 5.73 Å². The molecule has 2 saturated carbocycles. The van der Waals surface area contributed by atoms with E-state index < -0.39 is 47.2 Å². The molecule has 0 radical (unpaired) electrons. The number of carboxylic acids is 2. The normalized spacial score (nSPS) is 32.4. The maximum absolute atomic E-state index is 12.0. The number of rotatable bonds is 6. The van der Waals surface area contributed by atoms with Crippen molar-refractivity contribution in [2.45, 2.75) is 35.3 Å². The summed E-state index contributed by atoms with van der Waals surface area (Å²) in [7, 11) is 0. The third kappa shape index (κ3) is 3.38. The van der Waals surface area contributed by atoms with Gasteiger partial charge in [0.2, 0.25) is 5.91 Å². The summed E-state index contributed by atoms with van der Waals surface area (Å²) >= 11 is 1.22. The van der Waals surface area contributed by atoms with Crippen molar-refractivity contribution >= 4 is 29.6 Å². The van der Waals surface area contributed by atoms with E-state index in [0.29, 0.717) is 5.16 Å². The number of aromatic nitrogens is 3. The summed E-state index contributed by atoms with van der Waals surface area (Å²) in [4.78, 5) is 39.2. The molecule has 11 N–H and O–H groups in total. The van der Waals surface area contributed by atoms with Gasteiger partial charge >= 0.3 is 5.97 Å². The average molecular weight is 390 g/mol. The Morgan fingerprint density at radius 2 is 2.19 bits per heavy atom. The highest BCUT2D eigenvalue weighted by atomic mass is 32.2. The van der Waals surface area contributed by atoms with Crippen molar-refractivity contribution in [1.29, 1.82) is 0 Å². The molecule has 2 aliphatic rings. The maximum atomic E-state index is 12.0. The number of carboxylic acid groups (broad SMARTS) is 2. The number of aliphatic carboxylic acids is 2. The number of aromatic amines is 1. The summed E-state index contributed by atoms with van der Waals surface area (Å²) in [5.41, 5.74) is 3.84. The van der Waals surface area contributed by atoms with Crippen LogP contribution in [0, 0.1) is 17.8 Å². The fourth-order valence-electron chi connectivity index (χ4n) is 3.59. The van der Waals surface area contributed by atoms with Gasteiger partial charge in [-0.1, -0.05) is 11.8 Å². The second-order valence-electron chi connectivity index (χ2n) is 6.15. The van der Waals surface area contributed by atoms with Crippen LogP contribution in [0.3, 0.4) is 0 Å². The van der Waals surface area contributed by atoms with E-state index in [1.807, 2.05) is 0 Å². The van der Waals surface area contributed by atoms with Gasteiger partial charge < -0.3 is 37.7 Å². The summed E-state index contributed by atoms with van der Waals surface area (Å²) in [6.07, 6.45) is 1.38. The van der Waals surface area contributed by atoms with E-state index in [2.05, 4.69) is 20.5 Å². The van der Waals surface area contributed by atoms with Gasteiger partial charge in [0.1, 0.15) is 11.9 Å². The Labute approximate surface area is 152 Å². The lowest BCUT2D eigenvalue weighted by Crippen LogP contribution is -2.59. The van der Waals surface area contributed by atoms with Gasteiger partial charge in [0.05, 0.1) is 6.04 Å². The minimum absolute atomic E-state index is 0. The van der Waals surface area contributed by atoms with Crippen LogP contribution in [0.2, 0.25) is 0 Å². The fraction of sp³-hybridized carbons (Fsp3) is 0.615. The number of hydrogen-bond acceptors (Lipinski definition) is 8. The molecule has 12 nitrogen and oxygen atoms in total. The minimum atomic E-state index is -1.67. The van der Waals surface area contributed by atoms with Gasteiger partial charge in [-0.15, -0.1) is 0 Å². The van der Waals surface area contributed by atoms with Crippen LogP contribution >= 0.6 is 11.8 Å². The molecule has 13 heteroatoms. The molecular formula is C13H22N6O6S. The van der Waals surface area contributed by atoms with Gasteiger partial charge in [0.15, 0.2) is 5.16 Å². The molecule has 1 amide bonds. The zero-order valence-electron chi connectivity index (χ0n) is 14.1. The third-order valence-corrected chi connectivity index (χ3v) is 5.87. The SMILES string of the molecule is C[C@H](N)C(=O)N[C@@]1(C(=O)O)C[C@@H](Sc2ncn[nH]2)[C@H]2[C@H](C(=O)[O-])[C@H]21.O.[NH4+]. The lowest BCUT2D eigenvalue weighted by Gasteiger charge is -2.31. The number of carbonyl (C=O) groups is 3. The topological polar surface area (TPSA) is 242 Å². The molecule has 2 aliphatic carbocycles. The Morgan fingerprint density at radius 3 is 2.65 bits per heavy atom. The Kier molecular flexibility index (Phi) is 6.35. The smallest absolute Gasteiger partial charge is 0.329 e. The van der Waals surface area contributed by atoms with E-state index >= 15 is 0 Å². The molecule has 146 valence electrons. The van der Waals surface area contributed by atoms with Gasteiger partial charge in [-0.3, -0.25) is 9.89 Å². The fourth-order valence-corrected chi connectivity index (χ4v) is 4.93. The summed E-state index contributed by atoms with van der Waals surface area (Å²) in [5, 5.41) is 30.0. The molecule has 0 bridgehead atoms. The van der Waals surface area contributed by atoms with Crippen LogP contribution in [-0.2, 0) is 14.4 Å². The minimum Gasteiger partial charge on any atom is -0.550 e. The van der Waals surface area contributed by atoms with Crippen LogP contribution in [0.5, 0.6) is 0 Å². The predicted octanol–water partition coefficient (Wildman–Crippen LogP) is -2.88. The maximum Gasteiger partial charge on any atom is 0.329 e. The highest BCUT2D eigenvalue weighted by Gasteiger charge is 2.73. The summed E-state index contributed by atoms with van der Waals surface area (Å²) in [6.45, 7) is 1.43. The van der Waals surface area contributed by atoms with Gasteiger partial charge in [-0.05, 0) is 19.3 Å². The number of H-pyrrole nitrogens is 1. The van der Waals surface area contributed by atoms with Gasteiger partial charge in [0.25, 0.3) is 0 Å². The highest BCUT2D eigenvalue weighted by molar-refractivity contribution is 7.99. The first-order chi connectivity index (χ1) is 11.3. The second kappa shape index (κ2) is 7.57. The van der Waals surface area contributed by atoms with Crippen LogP contribution in [0.4, 0.5) is 0 Å². The number of nitrogens with zero attached hydrogens (tertiary/aromatic N) is 2. The molecule has 0 aromatic carbocycles. The van der Waals surface area contributed by atoms with Gasteiger partial charge in [-0.25, -0.2) is 9.78 Å². The lowest BCUT2D eigenvalue weighted by atomic mass is 9.89. The molecule has 3 rings (SSSR count). The first kappa shape index (κ1) is 21.8. The van der Waals surface area contributed by atoms with Crippen molar-refractivity contribution in [2.24, 2.45) is 23.5 Å². The predicted molar refractivity (Wildman–Crippen MR) is 87.9 cm³/mol. The molecule has 6 atom stereocenters. The van der Waals surface area contributed by atoms with E-state index in [-0.39, 0.29) is 23.3 Å². The number of nitrogens with one attached hydrogen (secondary N) is 2. The molecule has 2 fully saturated rings. The second-order valence-corrected chi connectivity index (χ2v) is 7.38. The van der Waals surface area contributed by atoms with Crippen LogP contribution in [0.25, 0.3) is 0 Å². The van der Waals surface area contributed by atoms with Crippen LogP contribution in [0.15, 0.2) is 11.5 Å². The van der Waals surface area contributed by atoms with Crippen molar-refractivity contribution in [3.8, 4) is 0 Å². The standard InChI is InChI=1S/C13H17N5O5S.H3N.H2O/c1-4(14)9(19)17-13(11(22)23)2-5(24-12-15-3-16-18-12)6-7(8(6)13)10(20)21;;/h3-8H,2,14H2,1H3,(H,17,19)(H,20,21)(H,22,23)(H,15,16,18);1H3;1H2/t4-,5+,6-,7-,8-,13-;;/m0../s1. The number of amides is 1. The van der Waals surface area contributed by atoms with Crippen molar-refractivity contribution in [3.05, 3.63) is 6.33 Å². The number of fused-ring (bicyclic) bond motifs is 1. The Bertz CT molecular complexity index is 685. The van der Waals surface area contributed by atoms with E-state index in [9.17, 15) is 24.6 Å². The quantitative estimate of drug-likeness (QED) is 0.334. The first-order valence-corrected chi connectivity index (χ1v) is 8.20. The largest absolute Gasteiger partial charge is 0.550 e. The molecular weight excluding hydrogens is 368 g/mol. The third-order valence-electron chi connectivity index (χ3n) is 4.67. The molecule has 0 aliphatic heterocycles. The zero-order chi connectivity index (χ0) is 17.6. The highest BCUT2D eigenvalue weighted by Crippen LogP contribution is 2.65. The van der Waals surface area contributed by atoms with Gasteiger partial charge in [-0.2, -0.15) is 5.10 Å². The number of carbonyl (C=O) groups excluding carboxylic acids is 2. The zero-order valence-corrected chi connectivity index (χ0v) is 14.9. The number of thioether (sulfide) groups is 1. The van der Waals surface area contributed by atoms with Crippen molar-refractivity contribution in [2.75, 3.05) is 0 Å². The Hall–Kier alpha value is -2.22. The Balaban J connectivity index is 0.00000169. The van der Waals surface area contributed by atoms with Crippen LogP contribution < -0.4 is 22.3 Å². The van der Waals surface area contributed by atoms with Crippen LogP contribution in [0.1, 0.15) is 13.3 Å². The first-order valence-electron chi connectivity index (χ1n) is 7.32. The van der Waals surface area contributed by atoms with Crippen molar-refractivity contribution in [1.82, 2.24) is 26.6 Å². The van der Waals surface area contributed by atoms with E-state index in [1.165, 1.54) is 25.0 Å². The molecule has 1 aromatic heterocycles. The summed E-state index contributed by atoms with van der Waals surface area (Å²) < 4.78 is 0. The molecule has 0 spiro atoms. The molecule has 26 heavy (non-hydrogen) atoms. The van der Waals surface area contributed by atoms with E-state index in [1.54, 1.807) is 0 Å². The molecule has 1 heterocycles. The van der Waals surface area contributed by atoms with Crippen molar-refractivity contribution in [3.63, 3.8) is 0 Å². The van der Waals surface area contributed by atoms with E-state index in [0.717, 1.165) is 0 Å². The number of hydrogen-bond donors (Lipinski definition) is 5. The van der Waals surface area contributed by atoms with Crippen molar-refractivity contribution < 1.29 is 30.1 Å². The molecule has 0 unspecified atom stereocenters. The lowest BCUT2D eigenvalue weighted by molar-refractivity contribution is -0.309. The summed E-state index contributed by atoms with van der Waals surface area (Å²) in [6, 6.07) is -0.902. The molecule has 0 saturated heterocycles. The Morgan fingerprint density at radius 1 is 1.54 bits per heavy atom. The molecule has 1 aromatic rings. The van der Waals surface area contributed by atoms with Gasteiger partial charge in [0, 0.05) is 23.1 Å². The monoisotopic (exact) mass is 390 g/mol.